The van der Waals surface area contributed by atoms with Crippen LogP contribution < -0.4 is 4.90 Å². The van der Waals surface area contributed by atoms with Crippen molar-refractivity contribution in [2.24, 2.45) is 0 Å². The Hall–Kier alpha value is -2.28. The smallest absolute Gasteiger partial charge is 0.236 e. The van der Waals surface area contributed by atoms with Crippen molar-refractivity contribution in [1.82, 2.24) is 14.8 Å². The summed E-state index contributed by atoms with van der Waals surface area (Å²) in [5.74, 6) is -0.780. The van der Waals surface area contributed by atoms with Crippen LogP contribution in [0.5, 0.6) is 0 Å². The van der Waals surface area contributed by atoms with Gasteiger partial charge in [0.05, 0.1) is 17.6 Å². The quantitative estimate of drug-likeness (QED) is 0.810. The molecule has 0 N–H and O–H groups in total. The van der Waals surface area contributed by atoms with E-state index >= 15 is 0 Å². The Bertz CT molecular complexity index is 867. The van der Waals surface area contributed by atoms with E-state index in [-0.39, 0.29) is 16.8 Å². The zero-order valence-corrected chi connectivity index (χ0v) is 16.2. The van der Waals surface area contributed by atoms with Crippen molar-refractivity contribution in [2.75, 3.05) is 44.2 Å². The third kappa shape index (κ3) is 3.68. The largest absolute Gasteiger partial charge is 0.368 e. The lowest BCUT2D eigenvalue weighted by Crippen LogP contribution is -2.52. The topological polar surface area (TPSA) is 39.7 Å². The molecule has 0 aliphatic carbocycles. The Morgan fingerprint density at radius 2 is 1.82 bits per heavy atom. The molecule has 150 valence electrons. The Kier molecular flexibility index (Phi) is 5.44. The third-order valence-electron chi connectivity index (χ3n) is 5.97. The molecule has 5 nitrogen and oxygen atoms in total. The number of piperidine rings is 1. The van der Waals surface area contributed by atoms with Gasteiger partial charge in [-0.2, -0.15) is 0 Å². The zero-order valence-electron chi connectivity index (χ0n) is 16.2. The predicted octanol–water partition coefficient (Wildman–Crippen LogP) is 3.04. The monoisotopic (exact) mass is 388 g/mol. The van der Waals surface area contributed by atoms with Gasteiger partial charge in [-0.05, 0) is 44.4 Å². The van der Waals surface area contributed by atoms with Crippen LogP contribution in [0.2, 0.25) is 0 Å². The molecule has 0 radical (unpaired) electrons. The highest BCUT2D eigenvalue weighted by atomic mass is 19.1. The van der Waals surface area contributed by atoms with Gasteiger partial charge < -0.3 is 9.80 Å². The highest BCUT2D eigenvalue weighted by molar-refractivity contribution is 5.92. The Morgan fingerprint density at radius 3 is 2.57 bits per heavy atom. The summed E-state index contributed by atoms with van der Waals surface area (Å²) >= 11 is 0. The molecule has 2 fully saturated rings. The van der Waals surface area contributed by atoms with Crippen molar-refractivity contribution in [2.45, 2.75) is 32.2 Å². The third-order valence-corrected chi connectivity index (χ3v) is 5.97. The molecule has 3 heterocycles. The Morgan fingerprint density at radius 1 is 1.07 bits per heavy atom. The fourth-order valence-corrected chi connectivity index (χ4v) is 4.34. The first-order valence-electron chi connectivity index (χ1n) is 10.0. The molecule has 1 atom stereocenters. The molecule has 4 rings (SSSR count). The summed E-state index contributed by atoms with van der Waals surface area (Å²) in [5.41, 5.74) is 0.729. The Labute approximate surface area is 163 Å². The molecule has 0 saturated carbocycles. The lowest BCUT2D eigenvalue weighted by atomic mass is 10.0. The molecule has 1 amide bonds. The summed E-state index contributed by atoms with van der Waals surface area (Å²) < 4.78 is 28.4. The number of anilines is 1. The molecule has 1 unspecified atom stereocenters. The second kappa shape index (κ2) is 7.99. The van der Waals surface area contributed by atoms with E-state index in [1.54, 1.807) is 6.07 Å². The summed E-state index contributed by atoms with van der Waals surface area (Å²) in [5, 5.41) is 0.231. The van der Waals surface area contributed by atoms with Crippen LogP contribution in [-0.4, -0.2) is 66.0 Å². The number of likely N-dealkylation sites (tertiary alicyclic amines) is 1. The second-order valence-electron chi connectivity index (χ2n) is 7.78. The van der Waals surface area contributed by atoms with E-state index in [2.05, 4.69) is 21.7 Å². The number of nitrogens with zero attached hydrogens (tertiary/aromatic N) is 4. The van der Waals surface area contributed by atoms with E-state index in [1.807, 2.05) is 4.90 Å². The summed E-state index contributed by atoms with van der Waals surface area (Å²) in [6.07, 6.45) is 4.88. The average Bonchev–Trinajstić information content (AvgIpc) is 2.71. The molecule has 0 bridgehead atoms. The van der Waals surface area contributed by atoms with Crippen LogP contribution in [0.15, 0.2) is 24.4 Å². The number of amides is 1. The van der Waals surface area contributed by atoms with E-state index in [9.17, 15) is 13.6 Å². The van der Waals surface area contributed by atoms with Gasteiger partial charge in [-0.15, -0.1) is 0 Å². The molecule has 0 spiro atoms. The first-order chi connectivity index (χ1) is 13.5. The molecule has 2 aromatic rings. The van der Waals surface area contributed by atoms with E-state index in [1.165, 1.54) is 12.6 Å². The predicted molar refractivity (Wildman–Crippen MR) is 105 cm³/mol. The van der Waals surface area contributed by atoms with Crippen LogP contribution in [0.4, 0.5) is 14.5 Å². The van der Waals surface area contributed by atoms with Gasteiger partial charge in [0.15, 0.2) is 0 Å². The first kappa shape index (κ1) is 19.1. The van der Waals surface area contributed by atoms with Crippen molar-refractivity contribution in [1.29, 1.82) is 0 Å². The minimum atomic E-state index is -0.516. The maximum Gasteiger partial charge on any atom is 0.236 e. The fraction of sp³-hybridized carbons (Fsp3) is 0.524. The second-order valence-corrected chi connectivity index (χ2v) is 7.78. The van der Waals surface area contributed by atoms with Crippen molar-refractivity contribution >= 4 is 22.5 Å². The molecule has 7 heteroatoms. The number of carbonyl (C=O) groups excluding carboxylic acids is 1. The number of carbonyl (C=O) groups is 1. The minimum absolute atomic E-state index is 0.0641. The molecule has 1 aromatic carbocycles. The van der Waals surface area contributed by atoms with Crippen LogP contribution in [0.25, 0.3) is 10.9 Å². The van der Waals surface area contributed by atoms with Gasteiger partial charge in [0.25, 0.3) is 0 Å². The maximum absolute atomic E-state index is 14.4. The van der Waals surface area contributed by atoms with Crippen molar-refractivity contribution < 1.29 is 13.6 Å². The van der Waals surface area contributed by atoms with Crippen molar-refractivity contribution in [3.8, 4) is 0 Å². The zero-order chi connectivity index (χ0) is 19.7. The summed E-state index contributed by atoms with van der Waals surface area (Å²) in [6.45, 7) is 6.17. The molecular weight excluding hydrogens is 362 g/mol. The van der Waals surface area contributed by atoms with Gasteiger partial charge in [0.1, 0.15) is 17.2 Å². The van der Waals surface area contributed by atoms with E-state index in [0.717, 1.165) is 31.5 Å². The molecule has 1 aromatic heterocycles. The van der Waals surface area contributed by atoms with Gasteiger partial charge in [0, 0.05) is 45.0 Å². The van der Waals surface area contributed by atoms with Gasteiger partial charge in [-0.1, -0.05) is 0 Å². The van der Waals surface area contributed by atoms with Crippen LogP contribution >= 0.6 is 0 Å². The number of hydrogen-bond acceptors (Lipinski definition) is 4. The number of benzene rings is 1. The molecular formula is C21H26F2N4O. The van der Waals surface area contributed by atoms with Gasteiger partial charge in [-0.25, -0.2) is 8.78 Å². The Balaban J connectivity index is 1.43. The summed E-state index contributed by atoms with van der Waals surface area (Å²) in [7, 11) is 0. The molecule has 2 aliphatic rings. The van der Waals surface area contributed by atoms with Gasteiger partial charge in [0.2, 0.25) is 5.91 Å². The number of hydrogen-bond donors (Lipinski definition) is 0. The maximum atomic E-state index is 14.4. The van der Waals surface area contributed by atoms with E-state index < -0.39 is 11.6 Å². The summed E-state index contributed by atoms with van der Waals surface area (Å²) in [4.78, 5) is 22.9. The molecule has 28 heavy (non-hydrogen) atoms. The van der Waals surface area contributed by atoms with Gasteiger partial charge >= 0.3 is 0 Å². The fourth-order valence-electron chi connectivity index (χ4n) is 4.34. The standard InChI is InChI=1S/C21H26F2N4O/c1-15-4-2-3-9-27(15)19(28)14-25-10-12-26(13-11-25)18-7-8-24-21-17(23)6-5-16(22)20(18)21/h5-8,15H,2-4,9-14H2,1H3. The normalized spacial score (nSPS) is 21.3. The minimum Gasteiger partial charge on any atom is -0.368 e. The van der Waals surface area contributed by atoms with Crippen LogP contribution in [0.3, 0.4) is 0 Å². The van der Waals surface area contributed by atoms with Gasteiger partial charge in [-0.3, -0.25) is 14.7 Å². The SMILES string of the molecule is CC1CCCCN1C(=O)CN1CCN(c2ccnc3c(F)ccc(F)c23)CC1. The van der Waals surface area contributed by atoms with Crippen molar-refractivity contribution in [3.05, 3.63) is 36.0 Å². The summed E-state index contributed by atoms with van der Waals surface area (Å²) in [6, 6.07) is 4.32. The van der Waals surface area contributed by atoms with Crippen LogP contribution in [0, 0.1) is 11.6 Å². The lowest BCUT2D eigenvalue weighted by Gasteiger charge is -2.39. The lowest BCUT2D eigenvalue weighted by molar-refractivity contribution is -0.135. The number of rotatable bonds is 3. The van der Waals surface area contributed by atoms with Crippen molar-refractivity contribution in [3.63, 3.8) is 0 Å². The number of piperazine rings is 1. The number of fused-ring (bicyclic) bond motifs is 1. The first-order valence-corrected chi connectivity index (χ1v) is 10.0. The molecule has 2 aliphatic heterocycles. The van der Waals surface area contributed by atoms with E-state index in [4.69, 9.17) is 0 Å². The highest BCUT2D eigenvalue weighted by Gasteiger charge is 2.27. The number of pyridine rings is 1. The van der Waals surface area contributed by atoms with Crippen LogP contribution in [-0.2, 0) is 4.79 Å². The number of halogens is 2. The molecule has 2 saturated heterocycles. The van der Waals surface area contributed by atoms with Crippen LogP contribution in [0.1, 0.15) is 26.2 Å². The number of aromatic nitrogens is 1. The highest BCUT2D eigenvalue weighted by Crippen LogP contribution is 2.30. The van der Waals surface area contributed by atoms with E-state index in [0.29, 0.717) is 44.5 Å². The average molecular weight is 388 g/mol.